The highest BCUT2D eigenvalue weighted by Crippen LogP contribution is 2.23. The van der Waals surface area contributed by atoms with Crippen LogP contribution in [0, 0.1) is 0 Å². The number of nitrogens with one attached hydrogen (secondary N) is 1. The van der Waals surface area contributed by atoms with Crippen molar-refractivity contribution in [3.8, 4) is 0 Å². The molecule has 24 heavy (non-hydrogen) atoms. The van der Waals surface area contributed by atoms with Crippen LogP contribution in [0.3, 0.4) is 0 Å². The number of ether oxygens (including phenoxy) is 1. The van der Waals surface area contributed by atoms with Crippen LogP contribution in [-0.2, 0) is 17.6 Å². The minimum atomic E-state index is -0.214. The number of likely N-dealkylation sites (N-methyl/N-ethyl adjacent to an activating group) is 1. The second-order valence-electron chi connectivity index (χ2n) is 7.04. The van der Waals surface area contributed by atoms with E-state index in [9.17, 15) is 4.79 Å². The van der Waals surface area contributed by atoms with E-state index in [0.717, 1.165) is 19.4 Å². The lowest BCUT2D eigenvalue weighted by molar-refractivity contribution is 0.163. The zero-order chi connectivity index (χ0) is 16.5. The SMILES string of the molecule is CN1C(=O)OCC1Cc1ccc2[nH]cc(CCN3CCCC3)c2c1. The number of carbonyl (C=O) groups is 1. The van der Waals surface area contributed by atoms with Gasteiger partial charge < -0.3 is 19.5 Å². The Balaban J connectivity index is 1.49. The molecule has 1 atom stereocenters. The number of hydrogen-bond donors (Lipinski definition) is 1. The molecule has 1 amide bonds. The van der Waals surface area contributed by atoms with Crippen LogP contribution >= 0.6 is 0 Å². The average Bonchev–Trinajstić information content (AvgIpc) is 3.30. The Kier molecular flexibility index (Phi) is 4.19. The fourth-order valence-electron chi connectivity index (χ4n) is 3.84. The van der Waals surface area contributed by atoms with E-state index in [4.69, 9.17) is 4.74 Å². The van der Waals surface area contributed by atoms with Crippen LogP contribution in [0.1, 0.15) is 24.0 Å². The number of carbonyl (C=O) groups excluding carboxylic acids is 1. The number of aromatic amines is 1. The van der Waals surface area contributed by atoms with E-state index in [0.29, 0.717) is 6.61 Å². The lowest BCUT2D eigenvalue weighted by Gasteiger charge is -2.16. The maximum atomic E-state index is 11.5. The van der Waals surface area contributed by atoms with E-state index in [2.05, 4.69) is 34.3 Å². The Morgan fingerprint density at radius 2 is 2.12 bits per heavy atom. The summed E-state index contributed by atoms with van der Waals surface area (Å²) in [4.78, 5) is 19.2. The van der Waals surface area contributed by atoms with Gasteiger partial charge in [-0.05, 0) is 62.0 Å². The Morgan fingerprint density at radius 3 is 2.88 bits per heavy atom. The Bertz CT molecular complexity index is 733. The third-order valence-electron chi connectivity index (χ3n) is 5.43. The van der Waals surface area contributed by atoms with Crippen molar-refractivity contribution in [3.63, 3.8) is 0 Å². The van der Waals surface area contributed by atoms with Crippen molar-refractivity contribution in [1.29, 1.82) is 0 Å². The molecule has 2 fully saturated rings. The van der Waals surface area contributed by atoms with E-state index >= 15 is 0 Å². The number of H-pyrrole nitrogens is 1. The van der Waals surface area contributed by atoms with Crippen LogP contribution in [0.15, 0.2) is 24.4 Å². The molecule has 0 bridgehead atoms. The van der Waals surface area contributed by atoms with Crippen molar-refractivity contribution < 1.29 is 9.53 Å². The number of hydrogen-bond acceptors (Lipinski definition) is 3. The summed E-state index contributed by atoms with van der Waals surface area (Å²) >= 11 is 0. The zero-order valence-corrected chi connectivity index (χ0v) is 14.3. The summed E-state index contributed by atoms with van der Waals surface area (Å²) in [7, 11) is 1.82. The lowest BCUT2D eigenvalue weighted by atomic mass is 10.0. The van der Waals surface area contributed by atoms with E-state index in [1.807, 2.05) is 7.05 Å². The van der Waals surface area contributed by atoms with Crippen LogP contribution < -0.4 is 0 Å². The summed E-state index contributed by atoms with van der Waals surface area (Å²) in [6, 6.07) is 6.73. The first-order valence-corrected chi connectivity index (χ1v) is 8.91. The van der Waals surface area contributed by atoms with Gasteiger partial charge in [0, 0.05) is 30.7 Å². The van der Waals surface area contributed by atoms with Crippen LogP contribution in [0.2, 0.25) is 0 Å². The molecule has 3 heterocycles. The van der Waals surface area contributed by atoms with Crippen LogP contribution in [-0.4, -0.2) is 60.2 Å². The molecule has 1 aromatic heterocycles. The summed E-state index contributed by atoms with van der Waals surface area (Å²) in [6.45, 7) is 4.12. The summed E-state index contributed by atoms with van der Waals surface area (Å²) in [5.74, 6) is 0. The first-order chi connectivity index (χ1) is 11.7. The minimum absolute atomic E-state index is 0.141. The molecule has 2 aromatic rings. The Hall–Kier alpha value is -2.01. The minimum Gasteiger partial charge on any atom is -0.447 e. The third-order valence-corrected chi connectivity index (χ3v) is 5.43. The van der Waals surface area contributed by atoms with Gasteiger partial charge in [0.25, 0.3) is 0 Å². The van der Waals surface area contributed by atoms with Gasteiger partial charge >= 0.3 is 6.09 Å². The molecule has 4 rings (SSSR count). The quantitative estimate of drug-likeness (QED) is 0.919. The van der Waals surface area contributed by atoms with Crippen LogP contribution in [0.4, 0.5) is 4.79 Å². The van der Waals surface area contributed by atoms with Gasteiger partial charge in [-0.1, -0.05) is 6.07 Å². The lowest BCUT2D eigenvalue weighted by Crippen LogP contribution is -2.31. The molecule has 2 aliphatic heterocycles. The van der Waals surface area contributed by atoms with Gasteiger partial charge in [0.15, 0.2) is 0 Å². The normalized spacial score (nSPS) is 21.8. The molecule has 128 valence electrons. The number of likely N-dealkylation sites (tertiary alicyclic amines) is 1. The highest BCUT2D eigenvalue weighted by molar-refractivity contribution is 5.84. The molecule has 0 saturated carbocycles. The largest absolute Gasteiger partial charge is 0.447 e. The van der Waals surface area contributed by atoms with Crippen molar-refractivity contribution in [3.05, 3.63) is 35.5 Å². The second kappa shape index (κ2) is 6.48. The highest BCUT2D eigenvalue weighted by Gasteiger charge is 2.29. The van der Waals surface area contributed by atoms with Crippen LogP contribution in [0.5, 0.6) is 0 Å². The molecule has 2 aliphatic rings. The second-order valence-corrected chi connectivity index (χ2v) is 7.04. The summed E-state index contributed by atoms with van der Waals surface area (Å²) in [5.41, 5.74) is 3.85. The predicted octanol–water partition coefficient (Wildman–Crippen LogP) is 2.80. The molecular weight excluding hydrogens is 302 g/mol. The number of cyclic esters (lactones) is 1. The number of benzene rings is 1. The molecule has 2 saturated heterocycles. The van der Waals surface area contributed by atoms with Gasteiger partial charge in [0.05, 0.1) is 6.04 Å². The van der Waals surface area contributed by atoms with Crippen molar-refractivity contribution in [2.24, 2.45) is 0 Å². The van der Waals surface area contributed by atoms with Gasteiger partial charge in [-0.15, -0.1) is 0 Å². The molecule has 0 radical (unpaired) electrons. The number of nitrogens with zero attached hydrogens (tertiary/aromatic N) is 2. The average molecular weight is 327 g/mol. The van der Waals surface area contributed by atoms with E-state index in [1.54, 1.807) is 4.90 Å². The predicted molar refractivity (Wildman–Crippen MR) is 94.3 cm³/mol. The number of amides is 1. The van der Waals surface area contributed by atoms with Crippen molar-refractivity contribution in [2.45, 2.75) is 31.7 Å². The molecule has 0 aliphatic carbocycles. The molecule has 1 N–H and O–H groups in total. The Morgan fingerprint density at radius 1 is 1.29 bits per heavy atom. The van der Waals surface area contributed by atoms with Crippen LogP contribution in [0.25, 0.3) is 10.9 Å². The topological polar surface area (TPSA) is 48.6 Å². The van der Waals surface area contributed by atoms with Gasteiger partial charge in [-0.25, -0.2) is 4.79 Å². The van der Waals surface area contributed by atoms with Crippen molar-refractivity contribution >= 4 is 17.0 Å². The van der Waals surface area contributed by atoms with Gasteiger partial charge in [-0.2, -0.15) is 0 Å². The molecule has 1 unspecified atom stereocenters. The molecule has 1 aromatic carbocycles. The standard InChI is InChI=1S/C19H25N3O2/c1-21-16(13-24-19(21)23)10-14-4-5-18-17(11-14)15(12-20-18)6-9-22-7-2-3-8-22/h4-5,11-12,16,20H,2-3,6-10,13H2,1H3. The number of fused-ring (bicyclic) bond motifs is 1. The molecule has 0 spiro atoms. The Labute approximate surface area is 142 Å². The molecule has 5 heteroatoms. The maximum Gasteiger partial charge on any atom is 0.409 e. The summed E-state index contributed by atoms with van der Waals surface area (Å²) < 4.78 is 5.12. The monoisotopic (exact) mass is 327 g/mol. The molecular formula is C19H25N3O2. The van der Waals surface area contributed by atoms with E-state index in [1.165, 1.54) is 48.0 Å². The van der Waals surface area contributed by atoms with Gasteiger partial charge in [0.1, 0.15) is 6.61 Å². The molecule has 5 nitrogen and oxygen atoms in total. The van der Waals surface area contributed by atoms with Gasteiger partial charge in [-0.3, -0.25) is 0 Å². The third kappa shape index (κ3) is 3.00. The summed E-state index contributed by atoms with van der Waals surface area (Å²) in [6.07, 6.45) is 6.55. The maximum absolute atomic E-state index is 11.5. The zero-order valence-electron chi connectivity index (χ0n) is 14.3. The highest BCUT2D eigenvalue weighted by atomic mass is 16.6. The number of aromatic nitrogens is 1. The smallest absolute Gasteiger partial charge is 0.409 e. The van der Waals surface area contributed by atoms with Gasteiger partial charge in [0.2, 0.25) is 0 Å². The fourth-order valence-corrected chi connectivity index (χ4v) is 3.84. The first-order valence-electron chi connectivity index (χ1n) is 8.91. The van der Waals surface area contributed by atoms with Crippen molar-refractivity contribution in [1.82, 2.24) is 14.8 Å². The first kappa shape index (κ1) is 15.5. The van der Waals surface area contributed by atoms with E-state index in [-0.39, 0.29) is 12.1 Å². The fraction of sp³-hybridized carbons (Fsp3) is 0.526. The van der Waals surface area contributed by atoms with Crippen molar-refractivity contribution in [2.75, 3.05) is 33.3 Å². The number of rotatable bonds is 5. The van der Waals surface area contributed by atoms with E-state index < -0.39 is 0 Å². The summed E-state index contributed by atoms with van der Waals surface area (Å²) in [5, 5.41) is 1.32.